The van der Waals surface area contributed by atoms with E-state index in [0.29, 0.717) is 12.1 Å². The molecule has 4 rings (SSSR count). The van der Waals surface area contributed by atoms with Gasteiger partial charge in [-0.2, -0.15) is 0 Å². The minimum absolute atomic E-state index is 0. The number of nitrogens with one attached hydrogen (secondary N) is 2. The highest BCUT2D eigenvalue weighted by Gasteiger charge is 2.25. The van der Waals surface area contributed by atoms with Crippen molar-refractivity contribution in [3.63, 3.8) is 0 Å². The number of ether oxygens (including phenoxy) is 1. The summed E-state index contributed by atoms with van der Waals surface area (Å²) in [5.41, 5.74) is 1.30. The molecule has 2 fully saturated rings. The van der Waals surface area contributed by atoms with E-state index in [2.05, 4.69) is 75.2 Å². The number of hydrogen-bond donors (Lipinski definition) is 2. The quantitative estimate of drug-likeness (QED) is 0.311. The number of nitrogens with zero attached hydrogens (tertiary/aromatic N) is 3. The first-order valence-electron chi connectivity index (χ1n) is 11.0. The Kier molecular flexibility index (Phi) is 9.89. The molecule has 2 aliphatic rings. The van der Waals surface area contributed by atoms with E-state index in [9.17, 15) is 0 Å². The van der Waals surface area contributed by atoms with Gasteiger partial charge in [0.25, 0.3) is 0 Å². The Balaban J connectivity index is 0.00000272. The number of aliphatic imine (C=N–C) groups is 1. The molecule has 2 aliphatic heterocycles. The molecule has 6 nitrogen and oxygen atoms in total. The molecule has 2 N–H and O–H groups in total. The van der Waals surface area contributed by atoms with Gasteiger partial charge in [0.05, 0.1) is 25.8 Å². The standard InChI is InChI=1S/C23H33N5OS.HI/c1-2-24-23(26-19-10-11-28(18-19)20-7-4-3-5-8-20)25-17-21(22-9-6-16-30-22)27-12-14-29-15-13-27;/h3-9,16,19,21H,2,10-15,17-18H2,1H3,(H2,24,25,26);1H. The summed E-state index contributed by atoms with van der Waals surface area (Å²) in [6.07, 6.45) is 1.12. The van der Waals surface area contributed by atoms with Gasteiger partial charge in [0.2, 0.25) is 0 Å². The van der Waals surface area contributed by atoms with Crippen molar-refractivity contribution in [2.45, 2.75) is 25.4 Å². The second kappa shape index (κ2) is 12.6. The number of guanidine groups is 1. The molecule has 0 aliphatic carbocycles. The van der Waals surface area contributed by atoms with E-state index in [1.165, 1.54) is 10.6 Å². The minimum atomic E-state index is 0. The summed E-state index contributed by atoms with van der Waals surface area (Å²) in [6.45, 7) is 9.38. The molecule has 0 amide bonds. The van der Waals surface area contributed by atoms with Crippen molar-refractivity contribution in [3.05, 3.63) is 52.7 Å². The molecule has 0 bridgehead atoms. The van der Waals surface area contributed by atoms with Crippen LogP contribution in [0.5, 0.6) is 0 Å². The first-order chi connectivity index (χ1) is 14.8. The summed E-state index contributed by atoms with van der Waals surface area (Å²) >= 11 is 1.82. The molecule has 2 unspecified atom stereocenters. The Bertz CT molecular complexity index is 783. The normalized spacial score (nSPS) is 20.9. The number of benzene rings is 1. The highest BCUT2D eigenvalue weighted by atomic mass is 127. The molecule has 2 aromatic rings. The Morgan fingerprint density at radius 3 is 2.68 bits per heavy atom. The van der Waals surface area contributed by atoms with Crippen LogP contribution in [-0.2, 0) is 4.74 Å². The van der Waals surface area contributed by atoms with Crippen molar-refractivity contribution in [2.24, 2.45) is 4.99 Å². The van der Waals surface area contributed by atoms with Crippen LogP contribution in [0.25, 0.3) is 0 Å². The molecule has 3 heterocycles. The van der Waals surface area contributed by atoms with Crippen LogP contribution in [0.2, 0.25) is 0 Å². The summed E-state index contributed by atoms with van der Waals surface area (Å²) < 4.78 is 5.56. The van der Waals surface area contributed by atoms with E-state index >= 15 is 0 Å². The fraction of sp³-hybridized carbons (Fsp3) is 0.522. The van der Waals surface area contributed by atoms with Crippen LogP contribution in [0.4, 0.5) is 5.69 Å². The third kappa shape index (κ3) is 6.81. The molecular weight excluding hydrogens is 521 g/mol. The van der Waals surface area contributed by atoms with Gasteiger partial charge >= 0.3 is 0 Å². The predicted octanol–water partition coefficient (Wildman–Crippen LogP) is 3.57. The topological polar surface area (TPSA) is 52.1 Å². The molecule has 170 valence electrons. The van der Waals surface area contributed by atoms with E-state index in [1.54, 1.807) is 0 Å². The number of para-hydroxylation sites is 1. The Morgan fingerprint density at radius 1 is 1.16 bits per heavy atom. The van der Waals surface area contributed by atoms with Gasteiger partial charge in [-0.25, -0.2) is 0 Å². The lowest BCUT2D eigenvalue weighted by Gasteiger charge is -2.33. The molecule has 8 heteroatoms. The number of anilines is 1. The number of thiophene rings is 1. The van der Waals surface area contributed by atoms with Gasteiger partial charge in [0.15, 0.2) is 5.96 Å². The Labute approximate surface area is 207 Å². The zero-order valence-electron chi connectivity index (χ0n) is 18.2. The van der Waals surface area contributed by atoms with Crippen LogP contribution in [0.15, 0.2) is 52.8 Å². The van der Waals surface area contributed by atoms with Crippen LogP contribution in [0, 0.1) is 0 Å². The van der Waals surface area contributed by atoms with Crippen molar-refractivity contribution in [3.8, 4) is 0 Å². The Morgan fingerprint density at radius 2 is 1.97 bits per heavy atom. The lowest BCUT2D eigenvalue weighted by Crippen LogP contribution is -2.45. The maximum Gasteiger partial charge on any atom is 0.191 e. The number of hydrogen-bond acceptors (Lipinski definition) is 5. The van der Waals surface area contributed by atoms with Crippen molar-refractivity contribution in [1.82, 2.24) is 15.5 Å². The van der Waals surface area contributed by atoms with Crippen LogP contribution in [-0.4, -0.2) is 69.4 Å². The van der Waals surface area contributed by atoms with E-state index in [1.807, 2.05) is 11.3 Å². The van der Waals surface area contributed by atoms with Gasteiger partial charge in [-0.1, -0.05) is 24.3 Å². The highest BCUT2D eigenvalue weighted by molar-refractivity contribution is 14.0. The number of halogens is 1. The summed E-state index contributed by atoms with van der Waals surface area (Å²) in [7, 11) is 0. The first kappa shape index (κ1) is 24.3. The fourth-order valence-corrected chi connectivity index (χ4v) is 5.05. The van der Waals surface area contributed by atoms with Gasteiger partial charge in [-0.15, -0.1) is 35.3 Å². The summed E-state index contributed by atoms with van der Waals surface area (Å²) in [6, 6.07) is 15.8. The maximum atomic E-state index is 5.56. The second-order valence-corrected chi connectivity index (χ2v) is 8.79. The van der Waals surface area contributed by atoms with Gasteiger partial charge in [0.1, 0.15) is 0 Å². The average Bonchev–Trinajstić information content (AvgIpc) is 3.48. The van der Waals surface area contributed by atoms with Gasteiger partial charge in [-0.05, 0) is 36.9 Å². The smallest absolute Gasteiger partial charge is 0.191 e. The molecule has 2 saturated heterocycles. The van der Waals surface area contributed by atoms with Gasteiger partial charge < -0.3 is 20.3 Å². The molecule has 1 aromatic carbocycles. The number of rotatable bonds is 7. The van der Waals surface area contributed by atoms with Crippen LogP contribution >= 0.6 is 35.3 Å². The molecule has 0 radical (unpaired) electrons. The van der Waals surface area contributed by atoms with Crippen molar-refractivity contribution in [1.29, 1.82) is 0 Å². The van der Waals surface area contributed by atoms with Crippen LogP contribution in [0.1, 0.15) is 24.3 Å². The second-order valence-electron chi connectivity index (χ2n) is 7.81. The molecule has 2 atom stereocenters. The van der Waals surface area contributed by atoms with Gasteiger partial charge in [-0.3, -0.25) is 9.89 Å². The number of morpholine rings is 1. The van der Waals surface area contributed by atoms with Crippen LogP contribution in [0.3, 0.4) is 0 Å². The van der Waals surface area contributed by atoms with Crippen molar-refractivity contribution >= 4 is 47.0 Å². The monoisotopic (exact) mass is 555 g/mol. The predicted molar refractivity (Wildman–Crippen MR) is 141 cm³/mol. The zero-order valence-corrected chi connectivity index (χ0v) is 21.4. The third-order valence-electron chi connectivity index (χ3n) is 5.78. The van der Waals surface area contributed by atoms with E-state index in [0.717, 1.165) is 64.9 Å². The minimum Gasteiger partial charge on any atom is -0.379 e. The van der Waals surface area contributed by atoms with E-state index in [-0.39, 0.29) is 24.0 Å². The SMILES string of the molecule is CCNC(=NCC(c1cccs1)N1CCOCC1)NC1CCN(c2ccccc2)C1.I. The lowest BCUT2D eigenvalue weighted by molar-refractivity contribution is 0.0186. The highest BCUT2D eigenvalue weighted by Crippen LogP contribution is 2.26. The largest absolute Gasteiger partial charge is 0.379 e. The third-order valence-corrected chi connectivity index (χ3v) is 6.75. The van der Waals surface area contributed by atoms with Gasteiger partial charge in [0, 0.05) is 49.3 Å². The summed E-state index contributed by atoms with van der Waals surface area (Å²) in [4.78, 5) is 11.3. The molecule has 1 aromatic heterocycles. The first-order valence-corrected chi connectivity index (χ1v) is 11.9. The van der Waals surface area contributed by atoms with E-state index < -0.39 is 0 Å². The Hall–Kier alpha value is -1.36. The average molecular weight is 556 g/mol. The van der Waals surface area contributed by atoms with E-state index in [4.69, 9.17) is 9.73 Å². The molecule has 31 heavy (non-hydrogen) atoms. The summed E-state index contributed by atoms with van der Waals surface area (Å²) in [5.74, 6) is 0.923. The fourth-order valence-electron chi connectivity index (χ4n) is 4.20. The molecule has 0 spiro atoms. The maximum absolute atomic E-state index is 5.56. The molecular formula is C23H34IN5OS. The molecule has 0 saturated carbocycles. The summed E-state index contributed by atoms with van der Waals surface area (Å²) in [5, 5.41) is 9.29. The van der Waals surface area contributed by atoms with Crippen molar-refractivity contribution < 1.29 is 4.74 Å². The van der Waals surface area contributed by atoms with Crippen LogP contribution < -0.4 is 15.5 Å². The zero-order chi connectivity index (χ0) is 20.6. The lowest BCUT2D eigenvalue weighted by atomic mass is 10.2. The van der Waals surface area contributed by atoms with Crippen molar-refractivity contribution in [2.75, 3.05) is 57.4 Å².